The van der Waals surface area contributed by atoms with Gasteiger partial charge in [0.15, 0.2) is 0 Å². The standard InChI is InChI=1S/C30H35N7OS/c1-2-33-12-14-34(15-13-33)25-5-3-23(4-6-25)24-21-27-26(7-10-32-37(27)22-24)35-16-18-36(19-17-35)29-30(8-9-30)28-31-11-20-38-39(28)29/h3-7,10-11,20-22H,2,8-9,12-19H2,1H3. The van der Waals surface area contributed by atoms with Crippen LogP contribution >= 0.6 is 10.8 Å². The van der Waals surface area contributed by atoms with Crippen LogP contribution in [0.3, 0.4) is 0 Å². The Morgan fingerprint density at radius 1 is 0.872 bits per heavy atom. The lowest BCUT2D eigenvalue weighted by molar-refractivity contribution is 0.271. The van der Waals surface area contributed by atoms with Crippen molar-refractivity contribution in [3.05, 3.63) is 61.3 Å². The van der Waals surface area contributed by atoms with Crippen LogP contribution in [0.4, 0.5) is 11.4 Å². The summed E-state index contributed by atoms with van der Waals surface area (Å²) in [6, 6.07) is 13.6. The monoisotopic (exact) mass is 541 g/mol. The minimum Gasteiger partial charge on any atom is -0.433 e. The summed E-state index contributed by atoms with van der Waals surface area (Å²) in [5.74, 6) is 0. The molecule has 0 N–H and O–H groups in total. The lowest BCUT2D eigenvalue weighted by Gasteiger charge is -2.45. The van der Waals surface area contributed by atoms with Gasteiger partial charge in [0.05, 0.1) is 38.6 Å². The minimum absolute atomic E-state index is 0.230. The van der Waals surface area contributed by atoms with Crippen molar-refractivity contribution in [2.75, 3.05) is 68.7 Å². The molecule has 8 rings (SSSR count). The summed E-state index contributed by atoms with van der Waals surface area (Å²) < 4.78 is 8.03. The van der Waals surface area contributed by atoms with Gasteiger partial charge in [-0.15, -0.1) is 0 Å². The molecule has 2 saturated heterocycles. The van der Waals surface area contributed by atoms with E-state index in [-0.39, 0.29) is 16.2 Å². The molecule has 8 nitrogen and oxygen atoms in total. The number of rotatable bonds is 4. The highest BCUT2D eigenvalue weighted by Crippen LogP contribution is 2.63. The largest absolute Gasteiger partial charge is 0.433 e. The maximum Gasteiger partial charge on any atom is 0.119 e. The van der Waals surface area contributed by atoms with Crippen molar-refractivity contribution in [1.82, 2.24) is 19.4 Å². The first-order valence-corrected chi connectivity index (χ1v) is 15.5. The van der Waals surface area contributed by atoms with Crippen molar-refractivity contribution < 1.29 is 4.18 Å². The van der Waals surface area contributed by atoms with Gasteiger partial charge in [-0.1, -0.05) is 19.1 Å². The summed E-state index contributed by atoms with van der Waals surface area (Å²) in [6.45, 7) is 11.9. The molecule has 1 spiro atoms. The van der Waals surface area contributed by atoms with Gasteiger partial charge in [-0.3, -0.25) is 4.90 Å². The van der Waals surface area contributed by atoms with E-state index in [4.69, 9.17) is 4.18 Å². The number of likely N-dealkylation sites (N-methyl/N-ethyl adjacent to an activating group) is 1. The van der Waals surface area contributed by atoms with Gasteiger partial charge in [0.25, 0.3) is 0 Å². The Balaban J connectivity index is 0.991. The molecule has 0 amide bonds. The molecule has 3 aromatic rings. The van der Waals surface area contributed by atoms with Crippen molar-refractivity contribution in [1.29, 1.82) is 0 Å². The Labute approximate surface area is 232 Å². The number of nitrogens with zero attached hydrogens (tertiary/aromatic N) is 7. The number of hydrogen-bond donors (Lipinski definition) is 0. The molecule has 1 aromatic carbocycles. The van der Waals surface area contributed by atoms with E-state index < -0.39 is 0 Å². The first-order chi connectivity index (χ1) is 19.2. The molecule has 2 aromatic heterocycles. The van der Waals surface area contributed by atoms with E-state index in [1.807, 2.05) is 16.9 Å². The first kappa shape index (κ1) is 23.7. The number of aromatic nitrogens is 2. The van der Waals surface area contributed by atoms with Gasteiger partial charge in [-0.05, 0) is 49.2 Å². The minimum atomic E-state index is -0.230. The number of fused-ring (bicyclic) bond motifs is 3. The SMILES string of the molecule is CCN1CCN(c2ccc(-c3cc4c(N5CCN(C6=S7OC=CN=C7C67CC7)CC5)ccnn4c3)cc2)CC1. The van der Waals surface area contributed by atoms with E-state index in [9.17, 15) is 0 Å². The lowest BCUT2D eigenvalue weighted by Crippen LogP contribution is -2.55. The Kier molecular flexibility index (Phi) is 5.60. The van der Waals surface area contributed by atoms with Crippen LogP contribution in [0.15, 0.2) is 66.2 Å². The molecule has 6 heterocycles. The first-order valence-electron chi connectivity index (χ1n) is 14.3. The van der Waals surface area contributed by atoms with Crippen molar-refractivity contribution in [2.45, 2.75) is 19.8 Å². The Bertz CT molecular complexity index is 1500. The summed E-state index contributed by atoms with van der Waals surface area (Å²) in [5, 5.41) is 5.94. The second kappa shape index (κ2) is 9.21. The van der Waals surface area contributed by atoms with Crippen molar-refractivity contribution in [3.63, 3.8) is 0 Å². The Hall–Kier alpha value is -3.14. The van der Waals surface area contributed by atoms with Crippen LogP contribution in [0.1, 0.15) is 19.8 Å². The quantitative estimate of drug-likeness (QED) is 0.460. The third kappa shape index (κ3) is 3.85. The van der Waals surface area contributed by atoms with Crippen molar-refractivity contribution in [3.8, 4) is 11.1 Å². The number of anilines is 2. The molecule has 3 fully saturated rings. The van der Waals surface area contributed by atoms with E-state index in [0.29, 0.717) is 0 Å². The van der Waals surface area contributed by atoms with E-state index in [2.05, 4.69) is 79.2 Å². The molecule has 1 unspecified atom stereocenters. The fourth-order valence-corrected chi connectivity index (χ4v) is 8.93. The van der Waals surface area contributed by atoms with Crippen molar-refractivity contribution >= 4 is 37.7 Å². The van der Waals surface area contributed by atoms with Crippen LogP contribution in [0.25, 0.3) is 16.6 Å². The van der Waals surface area contributed by atoms with E-state index >= 15 is 0 Å². The fraction of sp³-hybridized carbons (Fsp3) is 0.433. The zero-order chi connectivity index (χ0) is 26.0. The zero-order valence-electron chi connectivity index (χ0n) is 22.5. The molecule has 39 heavy (non-hydrogen) atoms. The van der Waals surface area contributed by atoms with Crippen molar-refractivity contribution in [2.24, 2.45) is 10.4 Å². The van der Waals surface area contributed by atoms with Gasteiger partial charge in [0.2, 0.25) is 0 Å². The smallest absolute Gasteiger partial charge is 0.119 e. The average Bonchev–Trinajstić information content (AvgIpc) is 3.71. The topological polar surface area (TPSA) is 51.8 Å². The van der Waals surface area contributed by atoms with E-state index in [0.717, 1.165) is 58.9 Å². The third-order valence-electron chi connectivity index (χ3n) is 9.10. The molecule has 1 aliphatic carbocycles. The summed E-state index contributed by atoms with van der Waals surface area (Å²) in [5.41, 5.74) is 6.45. The normalized spacial score (nSPS) is 24.5. The van der Waals surface area contributed by atoms with Gasteiger partial charge >= 0.3 is 0 Å². The number of benzene rings is 1. The highest BCUT2D eigenvalue weighted by Gasteiger charge is 2.63. The molecule has 9 heteroatoms. The number of piperazine rings is 2. The Morgan fingerprint density at radius 2 is 1.62 bits per heavy atom. The molecule has 5 aliphatic rings. The molecular weight excluding hydrogens is 506 g/mol. The van der Waals surface area contributed by atoms with Gasteiger partial charge < -0.3 is 18.9 Å². The van der Waals surface area contributed by atoms with Crippen LogP contribution in [0.2, 0.25) is 0 Å². The average molecular weight is 542 g/mol. The molecular formula is C30H35N7OS. The number of hydrogen-bond acceptors (Lipinski definition) is 7. The van der Waals surface area contributed by atoms with E-state index in [1.165, 1.54) is 50.9 Å². The predicted molar refractivity (Wildman–Crippen MR) is 161 cm³/mol. The van der Waals surface area contributed by atoms with Gasteiger partial charge in [0.1, 0.15) is 11.3 Å². The third-order valence-corrected chi connectivity index (χ3v) is 11.3. The highest BCUT2D eigenvalue weighted by molar-refractivity contribution is 8.27. The van der Waals surface area contributed by atoms with Crippen LogP contribution in [-0.4, -0.2) is 88.3 Å². The molecule has 1 atom stereocenters. The van der Waals surface area contributed by atoms with Crippen LogP contribution < -0.4 is 9.80 Å². The second-order valence-corrected chi connectivity index (χ2v) is 12.7. The molecule has 1 saturated carbocycles. The van der Waals surface area contributed by atoms with Gasteiger partial charge in [0, 0.05) is 76.0 Å². The fourth-order valence-electron chi connectivity index (χ4n) is 6.67. The highest BCUT2D eigenvalue weighted by atomic mass is 32.2. The van der Waals surface area contributed by atoms with E-state index in [1.54, 1.807) is 6.26 Å². The molecule has 202 valence electrons. The predicted octanol–water partition coefficient (Wildman–Crippen LogP) is 4.27. The van der Waals surface area contributed by atoms with Gasteiger partial charge in [-0.25, -0.2) is 9.51 Å². The zero-order valence-corrected chi connectivity index (χ0v) is 23.3. The van der Waals surface area contributed by atoms with Gasteiger partial charge in [-0.2, -0.15) is 5.10 Å². The summed E-state index contributed by atoms with van der Waals surface area (Å²) in [4.78, 5) is 16.3. The van der Waals surface area contributed by atoms with Crippen LogP contribution in [-0.2, 0) is 4.18 Å². The molecule has 0 radical (unpaired) electrons. The Morgan fingerprint density at radius 3 is 2.36 bits per heavy atom. The summed E-state index contributed by atoms with van der Waals surface area (Å²) >= 11 is 0. The number of aliphatic imine (C=N–C) groups is 1. The van der Waals surface area contributed by atoms with Crippen LogP contribution in [0.5, 0.6) is 0 Å². The lowest BCUT2D eigenvalue weighted by atomic mass is 10.1. The summed E-state index contributed by atoms with van der Waals surface area (Å²) in [7, 11) is -0.230. The summed E-state index contributed by atoms with van der Waals surface area (Å²) in [6.07, 6.45) is 10.1. The second-order valence-electron chi connectivity index (χ2n) is 11.2. The molecule has 0 bridgehead atoms. The maximum atomic E-state index is 5.99. The molecule has 4 aliphatic heterocycles. The maximum absolute atomic E-state index is 5.99. The van der Waals surface area contributed by atoms with Crippen LogP contribution in [0, 0.1) is 5.41 Å².